The molecule has 2 rings (SSSR count). The predicted molar refractivity (Wildman–Crippen MR) is 50.4 cm³/mol. The lowest BCUT2D eigenvalue weighted by Crippen LogP contribution is -2.17. The Morgan fingerprint density at radius 1 is 1.33 bits per heavy atom. The molecule has 0 aromatic carbocycles. The molecule has 12 heavy (non-hydrogen) atoms. The van der Waals surface area contributed by atoms with Crippen LogP contribution >= 0.6 is 0 Å². The lowest BCUT2D eigenvalue weighted by Gasteiger charge is -2.17. The number of nitrogens with zero attached hydrogens (tertiary/aromatic N) is 2. The van der Waals surface area contributed by atoms with Gasteiger partial charge in [0.1, 0.15) is 0 Å². The molecule has 2 heterocycles. The summed E-state index contributed by atoms with van der Waals surface area (Å²) >= 11 is 0. The third-order valence-electron chi connectivity index (χ3n) is 2.35. The first kappa shape index (κ1) is 7.59. The van der Waals surface area contributed by atoms with Crippen LogP contribution in [0.1, 0.15) is 18.5 Å². The van der Waals surface area contributed by atoms with E-state index in [1.165, 1.54) is 31.6 Å². The molecule has 0 aliphatic carbocycles. The van der Waals surface area contributed by atoms with E-state index in [1.807, 2.05) is 13.1 Å². The van der Waals surface area contributed by atoms with E-state index in [4.69, 9.17) is 0 Å². The van der Waals surface area contributed by atoms with Crippen LogP contribution in [0.2, 0.25) is 0 Å². The highest BCUT2D eigenvalue weighted by Gasteiger charge is 2.11. The SMILES string of the molecule is Cc1cc(N2CCCC2)ccn1. The smallest absolute Gasteiger partial charge is 0.0399 e. The van der Waals surface area contributed by atoms with E-state index < -0.39 is 0 Å². The molecule has 2 heteroatoms. The van der Waals surface area contributed by atoms with Gasteiger partial charge in [-0.25, -0.2) is 0 Å². The summed E-state index contributed by atoms with van der Waals surface area (Å²) in [5.41, 5.74) is 2.44. The molecule has 0 radical (unpaired) electrons. The van der Waals surface area contributed by atoms with Crippen LogP contribution in [0.15, 0.2) is 18.3 Å². The highest BCUT2D eigenvalue weighted by Crippen LogP contribution is 2.19. The van der Waals surface area contributed by atoms with Crippen LogP contribution in [0.4, 0.5) is 5.69 Å². The van der Waals surface area contributed by atoms with Crippen molar-refractivity contribution in [1.82, 2.24) is 4.98 Å². The summed E-state index contributed by atoms with van der Waals surface area (Å²) < 4.78 is 0. The Labute approximate surface area is 73.2 Å². The van der Waals surface area contributed by atoms with Gasteiger partial charge in [-0.05, 0) is 31.9 Å². The minimum absolute atomic E-state index is 1.11. The number of anilines is 1. The Morgan fingerprint density at radius 2 is 2.08 bits per heavy atom. The maximum Gasteiger partial charge on any atom is 0.0399 e. The first-order chi connectivity index (χ1) is 5.86. The second kappa shape index (κ2) is 3.13. The van der Waals surface area contributed by atoms with Gasteiger partial charge >= 0.3 is 0 Å². The van der Waals surface area contributed by atoms with Crippen molar-refractivity contribution in [2.75, 3.05) is 18.0 Å². The monoisotopic (exact) mass is 162 g/mol. The Balaban J connectivity index is 2.21. The number of hydrogen-bond acceptors (Lipinski definition) is 2. The first-order valence-corrected chi connectivity index (χ1v) is 4.54. The van der Waals surface area contributed by atoms with Crippen molar-refractivity contribution in [1.29, 1.82) is 0 Å². The molecule has 64 valence electrons. The molecule has 1 aromatic heterocycles. The van der Waals surface area contributed by atoms with E-state index in [0.717, 1.165) is 5.69 Å². The Kier molecular flexibility index (Phi) is 1.98. The fourth-order valence-corrected chi connectivity index (χ4v) is 1.70. The fourth-order valence-electron chi connectivity index (χ4n) is 1.70. The zero-order chi connectivity index (χ0) is 8.39. The fraction of sp³-hybridized carbons (Fsp3) is 0.500. The molecule has 1 aliphatic rings. The summed E-state index contributed by atoms with van der Waals surface area (Å²) in [6.07, 6.45) is 4.56. The molecule has 0 saturated carbocycles. The topological polar surface area (TPSA) is 16.1 Å². The second-order valence-corrected chi connectivity index (χ2v) is 3.35. The third kappa shape index (κ3) is 1.42. The van der Waals surface area contributed by atoms with Crippen LogP contribution in [0.3, 0.4) is 0 Å². The molecule has 1 aliphatic heterocycles. The van der Waals surface area contributed by atoms with Crippen LogP contribution < -0.4 is 4.90 Å². The van der Waals surface area contributed by atoms with Crippen LogP contribution in [0.25, 0.3) is 0 Å². The van der Waals surface area contributed by atoms with Gasteiger partial charge in [-0.3, -0.25) is 4.98 Å². The number of hydrogen-bond donors (Lipinski definition) is 0. The van der Waals surface area contributed by atoms with E-state index in [1.54, 1.807) is 0 Å². The summed E-state index contributed by atoms with van der Waals surface area (Å²) in [6, 6.07) is 4.25. The second-order valence-electron chi connectivity index (χ2n) is 3.35. The molecule has 1 saturated heterocycles. The number of aromatic nitrogens is 1. The lowest BCUT2D eigenvalue weighted by atomic mass is 10.3. The molecule has 1 fully saturated rings. The van der Waals surface area contributed by atoms with Gasteiger partial charge in [0.05, 0.1) is 0 Å². The van der Waals surface area contributed by atoms with Crippen molar-refractivity contribution < 1.29 is 0 Å². The molecular formula is C10H14N2. The summed E-state index contributed by atoms with van der Waals surface area (Å²) in [6.45, 7) is 4.46. The quantitative estimate of drug-likeness (QED) is 0.627. The van der Waals surface area contributed by atoms with Crippen molar-refractivity contribution in [3.63, 3.8) is 0 Å². The van der Waals surface area contributed by atoms with Crippen molar-refractivity contribution >= 4 is 5.69 Å². The number of rotatable bonds is 1. The maximum absolute atomic E-state index is 4.18. The van der Waals surface area contributed by atoms with Gasteiger partial charge in [0.15, 0.2) is 0 Å². The molecule has 1 aromatic rings. The van der Waals surface area contributed by atoms with Crippen molar-refractivity contribution in [2.24, 2.45) is 0 Å². The minimum Gasteiger partial charge on any atom is -0.371 e. The zero-order valence-electron chi connectivity index (χ0n) is 7.45. The van der Waals surface area contributed by atoms with Crippen LogP contribution in [-0.4, -0.2) is 18.1 Å². The maximum atomic E-state index is 4.18. The summed E-state index contributed by atoms with van der Waals surface area (Å²) in [5, 5.41) is 0. The standard InChI is InChI=1S/C10H14N2/c1-9-8-10(4-5-11-9)12-6-2-3-7-12/h4-5,8H,2-3,6-7H2,1H3. The Bertz CT molecular complexity index is 264. The minimum atomic E-state index is 1.11. The normalized spacial score (nSPS) is 16.9. The molecule has 0 atom stereocenters. The highest BCUT2D eigenvalue weighted by atomic mass is 15.1. The van der Waals surface area contributed by atoms with Crippen LogP contribution in [-0.2, 0) is 0 Å². The Morgan fingerprint density at radius 3 is 2.75 bits per heavy atom. The van der Waals surface area contributed by atoms with Gasteiger partial charge < -0.3 is 4.90 Å². The average Bonchev–Trinajstić information content (AvgIpc) is 2.56. The molecule has 2 nitrogen and oxygen atoms in total. The van der Waals surface area contributed by atoms with E-state index in [2.05, 4.69) is 22.0 Å². The van der Waals surface area contributed by atoms with Crippen molar-refractivity contribution in [2.45, 2.75) is 19.8 Å². The van der Waals surface area contributed by atoms with Gasteiger partial charge in [0.25, 0.3) is 0 Å². The predicted octanol–water partition coefficient (Wildman–Crippen LogP) is 1.99. The van der Waals surface area contributed by atoms with E-state index in [-0.39, 0.29) is 0 Å². The summed E-state index contributed by atoms with van der Waals surface area (Å²) in [7, 11) is 0. The number of pyridine rings is 1. The lowest BCUT2D eigenvalue weighted by molar-refractivity contribution is 0.949. The molecule has 0 unspecified atom stereocenters. The molecule has 0 bridgehead atoms. The average molecular weight is 162 g/mol. The van der Waals surface area contributed by atoms with Crippen LogP contribution in [0, 0.1) is 6.92 Å². The van der Waals surface area contributed by atoms with E-state index in [9.17, 15) is 0 Å². The van der Waals surface area contributed by atoms with Crippen LogP contribution in [0.5, 0.6) is 0 Å². The van der Waals surface area contributed by atoms with Crippen molar-refractivity contribution in [3.05, 3.63) is 24.0 Å². The van der Waals surface area contributed by atoms with Gasteiger partial charge in [-0.15, -0.1) is 0 Å². The van der Waals surface area contributed by atoms with E-state index in [0.29, 0.717) is 0 Å². The Hall–Kier alpha value is -1.05. The van der Waals surface area contributed by atoms with Gasteiger partial charge in [-0.1, -0.05) is 0 Å². The number of aryl methyl sites for hydroxylation is 1. The van der Waals surface area contributed by atoms with Crippen molar-refractivity contribution in [3.8, 4) is 0 Å². The van der Waals surface area contributed by atoms with Gasteiger partial charge in [0.2, 0.25) is 0 Å². The van der Waals surface area contributed by atoms with E-state index >= 15 is 0 Å². The molecule has 0 spiro atoms. The molecule has 0 N–H and O–H groups in total. The van der Waals surface area contributed by atoms with Gasteiger partial charge in [-0.2, -0.15) is 0 Å². The largest absolute Gasteiger partial charge is 0.371 e. The summed E-state index contributed by atoms with van der Waals surface area (Å²) in [4.78, 5) is 6.61. The first-order valence-electron chi connectivity index (χ1n) is 4.54. The summed E-state index contributed by atoms with van der Waals surface area (Å²) in [5.74, 6) is 0. The zero-order valence-corrected chi connectivity index (χ0v) is 7.45. The van der Waals surface area contributed by atoms with Gasteiger partial charge in [0, 0.05) is 30.7 Å². The molecular weight excluding hydrogens is 148 g/mol. The third-order valence-corrected chi connectivity index (χ3v) is 2.35. The molecule has 0 amide bonds. The highest BCUT2D eigenvalue weighted by molar-refractivity contribution is 5.46.